The average Bonchev–Trinajstić information content (AvgIpc) is 3.58. The normalized spacial score (nSPS) is 16.7. The molecule has 0 saturated carbocycles. The summed E-state index contributed by atoms with van der Waals surface area (Å²) < 4.78 is 36.5. The summed E-state index contributed by atoms with van der Waals surface area (Å²) in [5.74, 6) is -1.05. The fraction of sp³-hybridized carbons (Fsp3) is 0.414. The highest BCUT2D eigenvalue weighted by Crippen LogP contribution is 2.42. The number of thiazole rings is 1. The van der Waals surface area contributed by atoms with Crippen LogP contribution in [-0.2, 0) is 37.0 Å². The molecule has 41 heavy (non-hydrogen) atoms. The second kappa shape index (κ2) is 11.9. The first-order valence-electron chi connectivity index (χ1n) is 13.4. The summed E-state index contributed by atoms with van der Waals surface area (Å²) in [5.41, 5.74) is 1.95. The van der Waals surface area contributed by atoms with Crippen LogP contribution in [0.25, 0.3) is 11.3 Å². The lowest BCUT2D eigenvalue weighted by Crippen LogP contribution is -2.44. The highest BCUT2D eigenvalue weighted by molar-refractivity contribution is 7.90. The monoisotopic (exact) mass is 599 g/mol. The van der Waals surface area contributed by atoms with Crippen molar-refractivity contribution in [2.75, 3.05) is 57.7 Å². The Balaban J connectivity index is 1.34. The molecule has 1 amide bonds. The van der Waals surface area contributed by atoms with Crippen molar-refractivity contribution in [1.82, 2.24) is 9.88 Å². The van der Waals surface area contributed by atoms with Gasteiger partial charge in [0.25, 0.3) is 0 Å². The van der Waals surface area contributed by atoms with Crippen LogP contribution in [-0.4, -0.2) is 88.0 Å². The van der Waals surface area contributed by atoms with Crippen molar-refractivity contribution in [3.8, 4) is 17.0 Å². The Kier molecular flexibility index (Phi) is 8.46. The van der Waals surface area contributed by atoms with E-state index >= 15 is 0 Å². The number of anilines is 1. The zero-order valence-corrected chi connectivity index (χ0v) is 24.7. The van der Waals surface area contributed by atoms with Gasteiger partial charge in [-0.25, -0.2) is 13.4 Å². The molecule has 0 radical (unpaired) electrons. The van der Waals surface area contributed by atoms with Crippen LogP contribution >= 0.6 is 11.3 Å². The van der Waals surface area contributed by atoms with Crippen molar-refractivity contribution >= 4 is 38.2 Å². The minimum atomic E-state index is -3.60. The van der Waals surface area contributed by atoms with E-state index in [1.54, 1.807) is 30.6 Å². The first-order chi connectivity index (χ1) is 19.6. The maximum absolute atomic E-state index is 13.8. The number of carboxylic acids is 1. The van der Waals surface area contributed by atoms with E-state index in [9.17, 15) is 23.1 Å². The molecule has 0 spiro atoms. The average molecular weight is 600 g/mol. The standard InChI is InChI=1S/C29H33N3O7S2/c1-31(27(35)29(18-26(33)34)16-21-5-3-4-6-22(21)17-29)28-30-23(19-40-28)20-7-8-24(25(15-20)41(2,36)37)39-14-11-32-9-12-38-13-10-32/h3-8,15,19H,9-14,16-18H2,1-2H3,(H,33,34). The lowest BCUT2D eigenvalue weighted by Gasteiger charge is -2.30. The minimum absolute atomic E-state index is 0.0695. The van der Waals surface area contributed by atoms with Gasteiger partial charge in [-0.15, -0.1) is 11.3 Å². The smallest absolute Gasteiger partial charge is 0.304 e. The van der Waals surface area contributed by atoms with Crippen LogP contribution in [0.4, 0.5) is 5.13 Å². The number of ether oxygens (including phenoxy) is 2. The summed E-state index contributed by atoms with van der Waals surface area (Å²) in [6, 6.07) is 12.6. The van der Waals surface area contributed by atoms with Gasteiger partial charge in [0.1, 0.15) is 17.3 Å². The quantitative estimate of drug-likeness (QED) is 0.374. The van der Waals surface area contributed by atoms with Crippen LogP contribution in [0.15, 0.2) is 52.7 Å². The van der Waals surface area contributed by atoms with Crippen LogP contribution in [0.1, 0.15) is 17.5 Å². The number of hydrogen-bond donors (Lipinski definition) is 1. The van der Waals surface area contributed by atoms with Crippen LogP contribution in [0.3, 0.4) is 0 Å². The predicted octanol–water partition coefficient (Wildman–Crippen LogP) is 3.15. The molecular formula is C29H33N3O7S2. The fourth-order valence-electron chi connectivity index (χ4n) is 5.51. The topological polar surface area (TPSA) is 126 Å². The van der Waals surface area contributed by atoms with Gasteiger partial charge in [-0.05, 0) is 42.2 Å². The predicted molar refractivity (Wildman–Crippen MR) is 155 cm³/mol. The zero-order chi connectivity index (χ0) is 29.2. The molecule has 12 heteroatoms. The molecule has 218 valence electrons. The van der Waals surface area contributed by atoms with Gasteiger partial charge in [-0.3, -0.25) is 19.4 Å². The van der Waals surface area contributed by atoms with Crippen LogP contribution < -0.4 is 9.64 Å². The van der Waals surface area contributed by atoms with E-state index in [-0.39, 0.29) is 23.0 Å². The van der Waals surface area contributed by atoms with Gasteiger partial charge >= 0.3 is 5.97 Å². The van der Waals surface area contributed by atoms with E-state index in [0.717, 1.165) is 30.5 Å². The number of carbonyl (C=O) groups excluding carboxylic acids is 1. The number of nitrogens with zero attached hydrogens (tertiary/aromatic N) is 3. The molecule has 3 aromatic rings. The first-order valence-corrected chi connectivity index (χ1v) is 16.1. The number of aromatic nitrogens is 1. The number of sulfone groups is 1. The third kappa shape index (κ3) is 6.45. The highest BCUT2D eigenvalue weighted by Gasteiger charge is 2.47. The largest absolute Gasteiger partial charge is 0.491 e. The summed E-state index contributed by atoms with van der Waals surface area (Å²) >= 11 is 1.24. The van der Waals surface area contributed by atoms with Gasteiger partial charge in [-0.2, -0.15) is 0 Å². The Labute approximate surface area is 243 Å². The molecule has 2 heterocycles. The summed E-state index contributed by atoms with van der Waals surface area (Å²) in [7, 11) is -2.00. The number of aliphatic carboxylic acids is 1. The minimum Gasteiger partial charge on any atom is -0.491 e. The number of rotatable bonds is 10. The van der Waals surface area contributed by atoms with Crippen LogP contribution in [0, 0.1) is 5.41 Å². The molecule has 1 fully saturated rings. The molecular weight excluding hydrogens is 566 g/mol. The Bertz CT molecular complexity index is 1520. The van der Waals surface area contributed by atoms with Gasteiger partial charge in [-0.1, -0.05) is 24.3 Å². The summed E-state index contributed by atoms with van der Waals surface area (Å²) in [6.07, 6.45) is 1.55. The van der Waals surface area contributed by atoms with Crippen molar-refractivity contribution in [2.45, 2.75) is 24.2 Å². The third-order valence-corrected chi connectivity index (χ3v) is 9.65. The molecule has 0 bridgehead atoms. The zero-order valence-electron chi connectivity index (χ0n) is 23.0. The highest BCUT2D eigenvalue weighted by atomic mass is 32.2. The Hall–Kier alpha value is -3.32. The van der Waals surface area contributed by atoms with Crippen LogP contribution in [0.2, 0.25) is 0 Å². The summed E-state index contributed by atoms with van der Waals surface area (Å²) in [5, 5.41) is 11.8. The van der Waals surface area contributed by atoms with Gasteiger partial charge in [0.2, 0.25) is 5.91 Å². The molecule has 1 aromatic heterocycles. The molecule has 0 unspecified atom stereocenters. The molecule has 1 N–H and O–H groups in total. The maximum Gasteiger partial charge on any atom is 0.304 e. The SMILES string of the molecule is CN(C(=O)C1(CC(=O)O)Cc2ccccc2C1)c1nc(-c2ccc(OCCN3CCOCC3)c(S(C)(=O)=O)c2)cs1. The second-order valence-corrected chi connectivity index (χ2v) is 13.4. The Morgan fingerprint density at radius 1 is 1.15 bits per heavy atom. The van der Waals surface area contributed by atoms with Gasteiger partial charge in [0, 0.05) is 43.9 Å². The fourth-order valence-corrected chi connectivity index (χ4v) is 7.15. The molecule has 2 aromatic carbocycles. The van der Waals surface area contributed by atoms with Crippen molar-refractivity contribution in [3.05, 3.63) is 59.0 Å². The lowest BCUT2D eigenvalue weighted by atomic mass is 9.80. The number of amides is 1. The molecule has 1 aliphatic carbocycles. The molecule has 0 atom stereocenters. The number of benzene rings is 2. The molecule has 1 saturated heterocycles. The summed E-state index contributed by atoms with van der Waals surface area (Å²) in [6.45, 7) is 3.99. The molecule has 1 aliphatic heterocycles. The number of carboxylic acid groups (broad SMARTS) is 1. The number of carbonyl (C=O) groups is 2. The van der Waals surface area contributed by atoms with E-state index in [4.69, 9.17) is 9.47 Å². The van der Waals surface area contributed by atoms with Gasteiger partial charge < -0.3 is 14.6 Å². The van der Waals surface area contributed by atoms with Crippen molar-refractivity contribution in [2.24, 2.45) is 5.41 Å². The van der Waals surface area contributed by atoms with E-state index in [2.05, 4.69) is 9.88 Å². The lowest BCUT2D eigenvalue weighted by molar-refractivity contribution is -0.144. The number of morpholine rings is 1. The van der Waals surface area contributed by atoms with Gasteiger partial charge in [0.05, 0.1) is 30.7 Å². The molecule has 2 aliphatic rings. The summed E-state index contributed by atoms with van der Waals surface area (Å²) in [4.78, 5) is 33.9. The maximum atomic E-state index is 13.8. The number of hydrogen-bond acceptors (Lipinski definition) is 9. The number of fused-ring (bicyclic) bond motifs is 1. The van der Waals surface area contributed by atoms with Crippen molar-refractivity contribution < 1.29 is 32.6 Å². The van der Waals surface area contributed by atoms with E-state index < -0.39 is 21.2 Å². The van der Waals surface area contributed by atoms with E-state index in [1.807, 2.05) is 24.3 Å². The Morgan fingerprint density at radius 2 is 1.83 bits per heavy atom. The van der Waals surface area contributed by atoms with Gasteiger partial charge in [0.15, 0.2) is 15.0 Å². The first kappa shape index (κ1) is 29.2. The van der Waals surface area contributed by atoms with E-state index in [0.29, 0.717) is 55.6 Å². The molecule has 10 nitrogen and oxygen atoms in total. The van der Waals surface area contributed by atoms with E-state index in [1.165, 1.54) is 16.2 Å². The second-order valence-electron chi connectivity index (χ2n) is 10.6. The van der Waals surface area contributed by atoms with Crippen molar-refractivity contribution in [1.29, 1.82) is 0 Å². The Morgan fingerprint density at radius 3 is 2.46 bits per heavy atom. The molecule has 5 rings (SSSR count). The third-order valence-electron chi connectivity index (χ3n) is 7.61. The van der Waals surface area contributed by atoms with Crippen LogP contribution in [0.5, 0.6) is 5.75 Å². The van der Waals surface area contributed by atoms with Crippen molar-refractivity contribution in [3.63, 3.8) is 0 Å².